The van der Waals surface area contributed by atoms with E-state index in [4.69, 9.17) is 4.74 Å². The van der Waals surface area contributed by atoms with E-state index in [2.05, 4.69) is 26.4 Å². The van der Waals surface area contributed by atoms with E-state index in [1.807, 2.05) is 23.7 Å². The molecule has 28 heavy (non-hydrogen) atoms. The van der Waals surface area contributed by atoms with Crippen LogP contribution in [0.1, 0.15) is 25.7 Å². The van der Waals surface area contributed by atoms with Gasteiger partial charge in [-0.3, -0.25) is 14.7 Å². The number of guanidine groups is 1. The molecule has 3 fully saturated rings. The van der Waals surface area contributed by atoms with Crippen molar-refractivity contribution in [2.24, 2.45) is 4.99 Å². The monoisotopic (exact) mass is 525 g/mol. The zero-order valence-electron chi connectivity index (χ0n) is 17.3. The van der Waals surface area contributed by atoms with Gasteiger partial charge in [0.25, 0.3) is 0 Å². The summed E-state index contributed by atoms with van der Waals surface area (Å²) >= 11 is 1.95. The fourth-order valence-electron chi connectivity index (χ4n) is 4.14. The Morgan fingerprint density at radius 2 is 1.71 bits per heavy atom. The fraction of sp³-hybridized carbons (Fsp3) is 0.895. The van der Waals surface area contributed by atoms with Gasteiger partial charge in [0.15, 0.2) is 5.96 Å². The molecule has 0 radical (unpaired) electrons. The molecule has 0 spiro atoms. The third-order valence-electron chi connectivity index (χ3n) is 6.11. The molecule has 0 aromatic heterocycles. The smallest absolute Gasteiger partial charge is 0.236 e. The van der Waals surface area contributed by atoms with Crippen LogP contribution in [0.2, 0.25) is 0 Å². The summed E-state index contributed by atoms with van der Waals surface area (Å²) in [5.41, 5.74) is 0. The Morgan fingerprint density at radius 3 is 2.29 bits per heavy atom. The maximum Gasteiger partial charge on any atom is 0.236 e. The average molecular weight is 526 g/mol. The number of aliphatic imine (C=N–C) groups is 1. The van der Waals surface area contributed by atoms with Crippen molar-refractivity contribution in [2.75, 3.05) is 78.9 Å². The van der Waals surface area contributed by atoms with Crippen molar-refractivity contribution in [2.45, 2.75) is 30.4 Å². The largest absolute Gasteiger partial charge is 0.381 e. The highest BCUT2D eigenvalue weighted by atomic mass is 127. The van der Waals surface area contributed by atoms with Crippen LogP contribution in [0.4, 0.5) is 0 Å². The van der Waals surface area contributed by atoms with Gasteiger partial charge >= 0.3 is 0 Å². The molecule has 0 atom stereocenters. The maximum atomic E-state index is 12.4. The molecule has 1 amide bonds. The number of likely N-dealkylation sites (tertiary alicyclic amines) is 1. The number of nitrogens with zero attached hydrogens (tertiary/aromatic N) is 4. The van der Waals surface area contributed by atoms with E-state index in [9.17, 15) is 4.79 Å². The highest BCUT2D eigenvalue weighted by Crippen LogP contribution is 2.33. The summed E-state index contributed by atoms with van der Waals surface area (Å²) in [4.78, 5) is 23.5. The Morgan fingerprint density at radius 1 is 1.07 bits per heavy atom. The molecule has 0 aromatic carbocycles. The lowest BCUT2D eigenvalue weighted by Gasteiger charge is -2.39. The molecular weight excluding hydrogens is 489 g/mol. The number of amides is 1. The third kappa shape index (κ3) is 6.37. The molecule has 0 saturated carbocycles. The van der Waals surface area contributed by atoms with Crippen LogP contribution in [0.3, 0.4) is 0 Å². The lowest BCUT2D eigenvalue weighted by molar-refractivity contribution is -0.131. The van der Waals surface area contributed by atoms with Crippen LogP contribution in [0.5, 0.6) is 0 Å². The highest BCUT2D eigenvalue weighted by molar-refractivity contribution is 14.0. The van der Waals surface area contributed by atoms with E-state index in [1.54, 1.807) is 0 Å². The molecule has 0 aromatic rings. The van der Waals surface area contributed by atoms with Crippen LogP contribution in [-0.4, -0.2) is 110 Å². The van der Waals surface area contributed by atoms with Crippen molar-refractivity contribution in [3.05, 3.63) is 0 Å². The van der Waals surface area contributed by atoms with E-state index in [-0.39, 0.29) is 28.7 Å². The van der Waals surface area contributed by atoms with Gasteiger partial charge in [0.1, 0.15) is 0 Å². The summed E-state index contributed by atoms with van der Waals surface area (Å²) in [6.45, 7) is 8.76. The minimum absolute atomic E-state index is 0. The zero-order valence-corrected chi connectivity index (χ0v) is 20.5. The van der Waals surface area contributed by atoms with Gasteiger partial charge in [-0.2, -0.15) is 11.8 Å². The molecule has 3 aliphatic heterocycles. The molecule has 3 aliphatic rings. The lowest BCUT2D eigenvalue weighted by atomic mass is 9.99. The number of halogens is 1. The van der Waals surface area contributed by atoms with E-state index in [0.717, 1.165) is 90.7 Å². The Labute approximate surface area is 191 Å². The summed E-state index contributed by atoms with van der Waals surface area (Å²) < 4.78 is 5.79. The van der Waals surface area contributed by atoms with E-state index in [0.29, 0.717) is 12.5 Å². The number of carbonyl (C=O) groups excluding carboxylic acids is 1. The first kappa shape index (κ1) is 24.0. The normalized spacial score (nSPS) is 23.4. The summed E-state index contributed by atoms with van der Waals surface area (Å²) in [5.74, 6) is 1.28. The van der Waals surface area contributed by atoms with E-state index in [1.165, 1.54) is 0 Å². The van der Waals surface area contributed by atoms with E-state index >= 15 is 0 Å². The van der Waals surface area contributed by atoms with Crippen LogP contribution >= 0.6 is 35.7 Å². The van der Waals surface area contributed by atoms with Crippen LogP contribution in [0.15, 0.2) is 4.99 Å². The number of rotatable bonds is 5. The number of piperazine rings is 1. The van der Waals surface area contributed by atoms with Gasteiger partial charge in [0, 0.05) is 70.8 Å². The van der Waals surface area contributed by atoms with Crippen molar-refractivity contribution in [1.29, 1.82) is 0 Å². The number of carbonyl (C=O) groups is 1. The number of thioether (sulfide) groups is 1. The standard InChI is InChI=1S/C19H35N5O2S.HI/c1-20-18(21-16-19(27-2)5-13-26-14-6-19)24-11-9-22(10-12-24)15-17(25)23-7-3-4-8-23;/h3-16H2,1-2H3,(H,20,21);1H. The molecule has 7 nitrogen and oxygen atoms in total. The molecule has 9 heteroatoms. The average Bonchev–Trinajstić information content (AvgIpc) is 3.25. The van der Waals surface area contributed by atoms with Crippen LogP contribution in [-0.2, 0) is 9.53 Å². The molecule has 0 bridgehead atoms. The predicted octanol–water partition coefficient (Wildman–Crippen LogP) is 1.33. The van der Waals surface area contributed by atoms with Gasteiger partial charge in [-0.1, -0.05) is 0 Å². The molecule has 3 rings (SSSR count). The second-order valence-electron chi connectivity index (χ2n) is 7.75. The first-order valence-electron chi connectivity index (χ1n) is 10.2. The second kappa shape index (κ2) is 11.8. The molecule has 1 N–H and O–H groups in total. The van der Waals surface area contributed by atoms with E-state index < -0.39 is 0 Å². The summed E-state index contributed by atoms with van der Waals surface area (Å²) in [6.07, 6.45) is 6.69. The van der Waals surface area contributed by atoms with Crippen LogP contribution in [0, 0.1) is 0 Å². The quantitative estimate of drug-likeness (QED) is 0.332. The lowest BCUT2D eigenvalue weighted by Crippen LogP contribution is -2.56. The van der Waals surface area contributed by atoms with Crippen molar-refractivity contribution in [3.63, 3.8) is 0 Å². The fourth-order valence-corrected chi connectivity index (χ4v) is 4.94. The Kier molecular flexibility index (Phi) is 10.1. The minimum Gasteiger partial charge on any atom is -0.381 e. The summed E-state index contributed by atoms with van der Waals surface area (Å²) in [7, 11) is 1.86. The summed E-state index contributed by atoms with van der Waals surface area (Å²) in [6, 6.07) is 0. The van der Waals surface area contributed by atoms with Crippen LogP contribution < -0.4 is 5.32 Å². The first-order valence-corrected chi connectivity index (χ1v) is 11.5. The SMILES string of the molecule is CN=C(NCC1(SC)CCOCC1)N1CCN(CC(=O)N2CCCC2)CC1.I. The third-order valence-corrected chi connectivity index (χ3v) is 7.53. The Hall–Kier alpha value is -0.260. The molecule has 162 valence electrons. The molecule has 0 aliphatic carbocycles. The van der Waals surface area contributed by atoms with Gasteiger partial charge in [-0.05, 0) is 31.9 Å². The van der Waals surface area contributed by atoms with Gasteiger partial charge in [-0.15, -0.1) is 24.0 Å². The van der Waals surface area contributed by atoms with Gasteiger partial charge in [-0.25, -0.2) is 0 Å². The molecule has 0 unspecified atom stereocenters. The van der Waals surface area contributed by atoms with Crippen molar-refractivity contribution in [3.8, 4) is 0 Å². The zero-order chi connectivity index (χ0) is 19.1. The first-order chi connectivity index (χ1) is 13.2. The van der Waals surface area contributed by atoms with Crippen molar-refractivity contribution in [1.82, 2.24) is 20.0 Å². The molecular formula is C19H36IN5O2S. The second-order valence-corrected chi connectivity index (χ2v) is 9.03. The maximum absolute atomic E-state index is 12.4. The topological polar surface area (TPSA) is 60.4 Å². The number of hydrogen-bond donors (Lipinski definition) is 1. The summed E-state index contributed by atoms with van der Waals surface area (Å²) in [5, 5.41) is 3.61. The highest BCUT2D eigenvalue weighted by Gasteiger charge is 2.32. The van der Waals surface area contributed by atoms with Crippen LogP contribution in [0.25, 0.3) is 0 Å². The minimum atomic E-state index is 0. The van der Waals surface area contributed by atoms with Gasteiger partial charge in [0.05, 0.1) is 6.54 Å². The number of nitrogens with one attached hydrogen (secondary N) is 1. The number of ether oxygens (including phenoxy) is 1. The van der Waals surface area contributed by atoms with Crippen molar-refractivity contribution >= 4 is 47.6 Å². The predicted molar refractivity (Wildman–Crippen MR) is 127 cm³/mol. The van der Waals surface area contributed by atoms with Gasteiger partial charge < -0.3 is 19.9 Å². The Balaban J connectivity index is 0.00000280. The van der Waals surface area contributed by atoms with Crippen molar-refractivity contribution < 1.29 is 9.53 Å². The number of hydrogen-bond acceptors (Lipinski definition) is 5. The molecule has 3 heterocycles. The van der Waals surface area contributed by atoms with Gasteiger partial charge in [0.2, 0.25) is 5.91 Å². The Bertz CT molecular complexity index is 516. The molecule has 3 saturated heterocycles.